The highest BCUT2D eigenvalue weighted by Gasteiger charge is 2.13. The molecular formula is C24H21N3O. The number of aromatic nitrogens is 3. The van der Waals surface area contributed by atoms with Gasteiger partial charge in [-0.2, -0.15) is 0 Å². The highest BCUT2D eigenvalue weighted by Crippen LogP contribution is 2.31. The summed E-state index contributed by atoms with van der Waals surface area (Å²) >= 11 is 0. The zero-order valence-electron chi connectivity index (χ0n) is 15.9. The zero-order valence-corrected chi connectivity index (χ0v) is 15.9. The Balaban J connectivity index is 1.70. The van der Waals surface area contributed by atoms with Crippen LogP contribution in [-0.4, -0.2) is 14.1 Å². The third kappa shape index (κ3) is 2.57. The van der Waals surface area contributed by atoms with E-state index >= 15 is 0 Å². The molecule has 4 heteroatoms. The number of aromatic amines is 1. The molecule has 3 heterocycles. The van der Waals surface area contributed by atoms with Crippen LogP contribution < -0.4 is 5.56 Å². The number of nitrogens with zero attached hydrogens (tertiary/aromatic N) is 2. The number of aryl methyl sites for hydroxylation is 2. The molecule has 5 aromatic rings. The van der Waals surface area contributed by atoms with Crippen LogP contribution in [0.25, 0.3) is 32.9 Å². The van der Waals surface area contributed by atoms with Crippen LogP contribution in [0.15, 0.2) is 78.0 Å². The molecule has 4 nitrogen and oxygen atoms in total. The van der Waals surface area contributed by atoms with Crippen LogP contribution in [0.5, 0.6) is 0 Å². The molecule has 0 atom stereocenters. The summed E-state index contributed by atoms with van der Waals surface area (Å²) in [6, 6.07) is 19.0. The van der Waals surface area contributed by atoms with Crippen molar-refractivity contribution >= 4 is 21.8 Å². The second-order valence-electron chi connectivity index (χ2n) is 7.38. The predicted octanol–water partition coefficient (Wildman–Crippen LogP) is 4.85. The lowest BCUT2D eigenvalue weighted by atomic mass is 10.0. The van der Waals surface area contributed by atoms with Crippen molar-refractivity contribution in [3.63, 3.8) is 0 Å². The predicted molar refractivity (Wildman–Crippen MR) is 115 cm³/mol. The standard InChI is InChI=1S/C24H21N3O/c1-16-13-27(14-17-6-4-3-5-7-17)22-12-18(8-9-19(16)22)21-15-26(2)24(28)23-20(21)10-11-25-23/h3-13,15,25H,14H2,1-2H3. The zero-order chi connectivity index (χ0) is 19.3. The van der Waals surface area contributed by atoms with Gasteiger partial charge < -0.3 is 14.1 Å². The number of H-pyrrole nitrogens is 1. The van der Waals surface area contributed by atoms with Gasteiger partial charge in [0.05, 0.1) is 0 Å². The first-order chi connectivity index (χ1) is 13.6. The minimum Gasteiger partial charge on any atom is -0.357 e. The maximum atomic E-state index is 12.4. The summed E-state index contributed by atoms with van der Waals surface area (Å²) in [6.07, 6.45) is 5.97. The Morgan fingerprint density at radius 1 is 0.964 bits per heavy atom. The van der Waals surface area contributed by atoms with E-state index in [4.69, 9.17) is 0 Å². The number of nitrogens with one attached hydrogen (secondary N) is 1. The monoisotopic (exact) mass is 367 g/mol. The minimum atomic E-state index is -0.00637. The van der Waals surface area contributed by atoms with Crippen LogP contribution in [0.3, 0.4) is 0 Å². The van der Waals surface area contributed by atoms with Crippen molar-refractivity contribution in [2.75, 3.05) is 0 Å². The molecule has 0 saturated carbocycles. The molecule has 138 valence electrons. The number of pyridine rings is 1. The Labute approximate surface area is 162 Å². The molecule has 0 aliphatic carbocycles. The first-order valence-corrected chi connectivity index (χ1v) is 9.42. The van der Waals surface area contributed by atoms with Crippen molar-refractivity contribution < 1.29 is 0 Å². The second kappa shape index (κ2) is 6.27. The average molecular weight is 367 g/mol. The van der Waals surface area contributed by atoms with Crippen molar-refractivity contribution in [2.24, 2.45) is 7.05 Å². The summed E-state index contributed by atoms with van der Waals surface area (Å²) in [4.78, 5) is 15.5. The van der Waals surface area contributed by atoms with Gasteiger partial charge in [0.15, 0.2) is 0 Å². The fraction of sp³-hybridized carbons (Fsp3) is 0.125. The van der Waals surface area contributed by atoms with E-state index in [-0.39, 0.29) is 5.56 Å². The van der Waals surface area contributed by atoms with Crippen LogP contribution in [0.2, 0.25) is 0 Å². The van der Waals surface area contributed by atoms with Gasteiger partial charge in [-0.05, 0) is 35.7 Å². The molecule has 0 fully saturated rings. The Hall–Kier alpha value is -3.53. The molecule has 28 heavy (non-hydrogen) atoms. The van der Waals surface area contributed by atoms with E-state index in [0.29, 0.717) is 5.52 Å². The van der Waals surface area contributed by atoms with E-state index < -0.39 is 0 Å². The maximum Gasteiger partial charge on any atom is 0.274 e. The Morgan fingerprint density at radius 2 is 1.79 bits per heavy atom. The Bertz CT molecular complexity index is 1370. The van der Waals surface area contributed by atoms with E-state index in [1.165, 1.54) is 22.0 Å². The molecule has 0 aliphatic heterocycles. The molecule has 0 radical (unpaired) electrons. The summed E-state index contributed by atoms with van der Waals surface area (Å²) < 4.78 is 3.95. The number of hydrogen-bond donors (Lipinski definition) is 1. The van der Waals surface area contributed by atoms with Crippen molar-refractivity contribution in [2.45, 2.75) is 13.5 Å². The van der Waals surface area contributed by atoms with Gasteiger partial charge in [-0.3, -0.25) is 4.79 Å². The van der Waals surface area contributed by atoms with Gasteiger partial charge in [-0.15, -0.1) is 0 Å². The largest absolute Gasteiger partial charge is 0.357 e. The van der Waals surface area contributed by atoms with Crippen LogP contribution >= 0.6 is 0 Å². The smallest absolute Gasteiger partial charge is 0.274 e. The molecule has 1 N–H and O–H groups in total. The number of fused-ring (bicyclic) bond motifs is 2. The lowest BCUT2D eigenvalue weighted by Crippen LogP contribution is -2.16. The molecule has 2 aromatic carbocycles. The third-order valence-electron chi connectivity index (χ3n) is 5.48. The molecular weight excluding hydrogens is 346 g/mol. The SMILES string of the molecule is Cc1cn(Cc2ccccc2)c2cc(-c3cn(C)c(=O)c4[nH]ccc34)ccc12. The van der Waals surface area contributed by atoms with Crippen LogP contribution in [-0.2, 0) is 13.6 Å². The van der Waals surface area contributed by atoms with Crippen LogP contribution in [0.4, 0.5) is 0 Å². The first kappa shape index (κ1) is 16.6. The van der Waals surface area contributed by atoms with Gasteiger partial charge in [-0.25, -0.2) is 0 Å². The quantitative estimate of drug-likeness (QED) is 0.487. The third-order valence-corrected chi connectivity index (χ3v) is 5.48. The van der Waals surface area contributed by atoms with Crippen molar-refractivity contribution in [1.82, 2.24) is 14.1 Å². The molecule has 0 amide bonds. The van der Waals surface area contributed by atoms with E-state index in [1.807, 2.05) is 24.5 Å². The lowest BCUT2D eigenvalue weighted by Gasteiger charge is -2.10. The van der Waals surface area contributed by atoms with Crippen molar-refractivity contribution in [3.8, 4) is 11.1 Å². The highest BCUT2D eigenvalue weighted by molar-refractivity contribution is 5.97. The minimum absolute atomic E-state index is 0.00637. The molecule has 0 aliphatic rings. The molecule has 5 rings (SSSR count). The van der Waals surface area contributed by atoms with Gasteiger partial charge >= 0.3 is 0 Å². The van der Waals surface area contributed by atoms with Crippen molar-refractivity contribution in [3.05, 3.63) is 94.7 Å². The first-order valence-electron chi connectivity index (χ1n) is 9.42. The summed E-state index contributed by atoms with van der Waals surface area (Å²) in [5.74, 6) is 0. The number of rotatable bonds is 3. The van der Waals surface area contributed by atoms with Crippen LogP contribution in [0, 0.1) is 6.92 Å². The van der Waals surface area contributed by atoms with Gasteiger partial charge in [0.25, 0.3) is 5.56 Å². The Kier molecular flexibility index (Phi) is 3.72. The normalized spacial score (nSPS) is 11.5. The van der Waals surface area contributed by atoms with Gasteiger partial charge in [0.2, 0.25) is 0 Å². The number of benzene rings is 2. The van der Waals surface area contributed by atoms with Gasteiger partial charge in [0.1, 0.15) is 5.52 Å². The van der Waals surface area contributed by atoms with Gasteiger partial charge in [0, 0.05) is 54.0 Å². The fourth-order valence-corrected chi connectivity index (χ4v) is 4.05. The molecule has 0 bridgehead atoms. The average Bonchev–Trinajstić information content (AvgIpc) is 3.31. The highest BCUT2D eigenvalue weighted by atomic mass is 16.1. The number of hydrogen-bond acceptors (Lipinski definition) is 1. The molecule has 0 spiro atoms. The summed E-state index contributed by atoms with van der Waals surface area (Å²) in [7, 11) is 1.80. The summed E-state index contributed by atoms with van der Waals surface area (Å²) in [5.41, 5.74) is 6.57. The topological polar surface area (TPSA) is 42.7 Å². The van der Waals surface area contributed by atoms with E-state index in [0.717, 1.165) is 23.1 Å². The second-order valence-corrected chi connectivity index (χ2v) is 7.38. The summed E-state index contributed by atoms with van der Waals surface area (Å²) in [6.45, 7) is 2.99. The molecule has 0 unspecified atom stereocenters. The van der Waals surface area contributed by atoms with E-state index in [9.17, 15) is 4.79 Å². The lowest BCUT2D eigenvalue weighted by molar-refractivity contribution is 0.834. The Morgan fingerprint density at radius 3 is 2.61 bits per heavy atom. The molecule has 3 aromatic heterocycles. The maximum absolute atomic E-state index is 12.4. The van der Waals surface area contributed by atoms with Gasteiger partial charge in [-0.1, -0.05) is 42.5 Å². The van der Waals surface area contributed by atoms with E-state index in [1.54, 1.807) is 11.6 Å². The van der Waals surface area contributed by atoms with Crippen LogP contribution in [0.1, 0.15) is 11.1 Å². The van der Waals surface area contributed by atoms with Crippen molar-refractivity contribution in [1.29, 1.82) is 0 Å². The summed E-state index contributed by atoms with van der Waals surface area (Å²) in [5, 5.41) is 2.22. The fourth-order valence-electron chi connectivity index (χ4n) is 4.05. The van der Waals surface area contributed by atoms with E-state index in [2.05, 4.69) is 65.1 Å². The molecule has 0 saturated heterocycles.